The highest BCUT2D eigenvalue weighted by Gasteiger charge is 2.24. The van der Waals surface area contributed by atoms with Gasteiger partial charge in [-0.2, -0.15) is 0 Å². The number of thioether (sulfide) groups is 1. The minimum Gasteiger partial charge on any atom is -0.478 e. The number of ether oxygens (including phenoxy) is 1. The first-order chi connectivity index (χ1) is 13.8. The Kier molecular flexibility index (Phi) is 7.12. The van der Waals surface area contributed by atoms with Gasteiger partial charge in [0.25, 0.3) is 5.91 Å². The van der Waals surface area contributed by atoms with E-state index in [9.17, 15) is 4.79 Å². The minimum atomic E-state index is -0.209. The van der Waals surface area contributed by atoms with Crippen molar-refractivity contribution in [3.05, 3.63) is 59.8 Å². The SMILES string of the molecule is C#CCOc1c(Cl)cc(/C=C2\SC(=Nc3cc(C)c(Br)c(C)c3)NC2=O)cc1Br. The highest BCUT2D eigenvalue weighted by Crippen LogP contribution is 2.36. The predicted molar refractivity (Wildman–Crippen MR) is 128 cm³/mol. The Labute approximate surface area is 195 Å². The maximum atomic E-state index is 12.4. The summed E-state index contributed by atoms with van der Waals surface area (Å²) in [5, 5.41) is 3.73. The van der Waals surface area contributed by atoms with Crippen LogP contribution < -0.4 is 10.1 Å². The Morgan fingerprint density at radius 3 is 2.59 bits per heavy atom. The van der Waals surface area contributed by atoms with Crippen molar-refractivity contribution in [3.8, 4) is 18.1 Å². The van der Waals surface area contributed by atoms with Crippen LogP contribution in [-0.2, 0) is 4.79 Å². The van der Waals surface area contributed by atoms with Crippen molar-refractivity contribution in [2.75, 3.05) is 6.61 Å². The Morgan fingerprint density at radius 2 is 1.97 bits per heavy atom. The lowest BCUT2D eigenvalue weighted by atomic mass is 10.1. The molecule has 8 heteroatoms. The second-order valence-electron chi connectivity index (χ2n) is 6.18. The molecule has 1 amide bonds. The van der Waals surface area contributed by atoms with Gasteiger partial charge in [0.15, 0.2) is 10.9 Å². The smallest absolute Gasteiger partial charge is 0.264 e. The second kappa shape index (κ2) is 9.40. The van der Waals surface area contributed by atoms with Gasteiger partial charge >= 0.3 is 0 Å². The van der Waals surface area contributed by atoms with Gasteiger partial charge in [-0.25, -0.2) is 4.99 Å². The van der Waals surface area contributed by atoms with Gasteiger partial charge in [-0.05, 0) is 88.6 Å². The molecular formula is C21H15Br2ClN2O2S. The topological polar surface area (TPSA) is 50.7 Å². The summed E-state index contributed by atoms with van der Waals surface area (Å²) in [6.07, 6.45) is 6.97. The zero-order valence-electron chi connectivity index (χ0n) is 15.5. The van der Waals surface area contributed by atoms with Crippen molar-refractivity contribution in [1.29, 1.82) is 0 Å². The van der Waals surface area contributed by atoms with Gasteiger partial charge in [-0.3, -0.25) is 4.79 Å². The number of amides is 1. The molecule has 1 saturated heterocycles. The largest absolute Gasteiger partial charge is 0.478 e. The van der Waals surface area contributed by atoms with Gasteiger partial charge in [-0.1, -0.05) is 33.5 Å². The van der Waals surface area contributed by atoms with E-state index in [4.69, 9.17) is 22.8 Å². The van der Waals surface area contributed by atoms with Crippen molar-refractivity contribution < 1.29 is 9.53 Å². The van der Waals surface area contributed by atoms with Crippen LogP contribution in [0.5, 0.6) is 5.75 Å². The van der Waals surface area contributed by atoms with Gasteiger partial charge in [-0.15, -0.1) is 6.42 Å². The normalized spacial score (nSPS) is 16.2. The number of halogens is 3. The van der Waals surface area contributed by atoms with E-state index in [1.807, 2.05) is 32.0 Å². The number of aliphatic imine (C=N–C) groups is 1. The maximum absolute atomic E-state index is 12.4. The molecule has 0 bridgehead atoms. The average Bonchev–Trinajstić information content (AvgIpc) is 2.98. The van der Waals surface area contributed by atoms with Crippen LogP contribution in [0.2, 0.25) is 5.02 Å². The number of hydrogen-bond donors (Lipinski definition) is 1. The van der Waals surface area contributed by atoms with Crippen molar-refractivity contribution in [3.63, 3.8) is 0 Å². The third-order valence-electron chi connectivity index (χ3n) is 3.92. The summed E-state index contributed by atoms with van der Waals surface area (Å²) < 4.78 is 7.15. The van der Waals surface area contributed by atoms with Crippen LogP contribution in [0.3, 0.4) is 0 Å². The van der Waals surface area contributed by atoms with E-state index in [-0.39, 0.29) is 12.5 Å². The molecule has 0 radical (unpaired) electrons. The predicted octanol–water partition coefficient (Wildman–Crippen LogP) is 6.39. The molecule has 2 aromatic carbocycles. The van der Waals surface area contributed by atoms with E-state index in [0.717, 1.165) is 26.9 Å². The Balaban J connectivity index is 1.85. The number of hydrogen-bond acceptors (Lipinski definition) is 4. The van der Waals surface area contributed by atoms with Crippen LogP contribution in [0.15, 0.2) is 43.1 Å². The molecule has 0 unspecified atom stereocenters. The summed E-state index contributed by atoms with van der Waals surface area (Å²) in [5.74, 6) is 2.66. The lowest BCUT2D eigenvalue weighted by Gasteiger charge is -2.08. The molecule has 148 valence electrons. The van der Waals surface area contributed by atoms with Crippen molar-refractivity contribution in [2.24, 2.45) is 4.99 Å². The molecule has 2 aromatic rings. The highest BCUT2D eigenvalue weighted by atomic mass is 79.9. The average molecular weight is 555 g/mol. The molecule has 0 saturated carbocycles. The minimum absolute atomic E-state index is 0.117. The lowest BCUT2D eigenvalue weighted by molar-refractivity contribution is -0.115. The van der Waals surface area contributed by atoms with Gasteiger partial charge in [0.1, 0.15) is 6.61 Å². The summed E-state index contributed by atoms with van der Waals surface area (Å²) in [4.78, 5) is 17.4. The molecule has 4 nitrogen and oxygen atoms in total. The number of terminal acetylenes is 1. The molecule has 1 heterocycles. The Bertz CT molecular complexity index is 1060. The molecule has 0 aliphatic carbocycles. The Morgan fingerprint density at radius 1 is 1.28 bits per heavy atom. The summed E-state index contributed by atoms with van der Waals surface area (Å²) in [5.41, 5.74) is 3.71. The highest BCUT2D eigenvalue weighted by molar-refractivity contribution is 9.10. The van der Waals surface area contributed by atoms with E-state index in [0.29, 0.717) is 25.3 Å². The number of nitrogens with zero attached hydrogens (tertiary/aromatic N) is 1. The second-order valence-corrected chi connectivity index (χ2v) is 9.27. The number of aryl methyl sites for hydroxylation is 2. The summed E-state index contributed by atoms with van der Waals surface area (Å²) in [6.45, 7) is 4.13. The first kappa shape index (κ1) is 22.0. The first-order valence-electron chi connectivity index (χ1n) is 8.40. The number of benzene rings is 2. The van der Waals surface area contributed by atoms with Crippen LogP contribution in [0.1, 0.15) is 16.7 Å². The van der Waals surface area contributed by atoms with Crippen LogP contribution in [0.25, 0.3) is 6.08 Å². The maximum Gasteiger partial charge on any atom is 0.264 e. The van der Waals surface area contributed by atoms with E-state index in [1.54, 1.807) is 12.1 Å². The summed E-state index contributed by atoms with van der Waals surface area (Å²) in [7, 11) is 0. The van der Waals surface area contributed by atoms with Crippen molar-refractivity contribution in [1.82, 2.24) is 5.32 Å². The van der Waals surface area contributed by atoms with Gasteiger partial charge in [0.2, 0.25) is 0 Å². The first-order valence-corrected chi connectivity index (χ1v) is 11.2. The Hall–Kier alpha value is -1.72. The lowest BCUT2D eigenvalue weighted by Crippen LogP contribution is -2.19. The van der Waals surface area contributed by atoms with Gasteiger partial charge in [0, 0.05) is 4.47 Å². The van der Waals surface area contributed by atoms with Crippen molar-refractivity contribution in [2.45, 2.75) is 13.8 Å². The molecule has 0 aromatic heterocycles. The zero-order chi connectivity index (χ0) is 21.1. The molecule has 1 aliphatic rings. The quantitative estimate of drug-likeness (QED) is 0.352. The standard InChI is InChI=1S/C21H15Br2ClN2O2S/c1-4-5-28-19-15(22)8-13(9-16(19)24)10-17-20(27)26-21(29-17)25-14-6-11(2)18(23)12(3)7-14/h1,6-10H,5H2,2-3H3,(H,25,26,27)/b17-10-. The molecular weight excluding hydrogens is 540 g/mol. The summed E-state index contributed by atoms with van der Waals surface area (Å²) in [6, 6.07) is 7.46. The molecule has 3 rings (SSSR count). The fourth-order valence-electron chi connectivity index (χ4n) is 2.65. The molecule has 0 spiro atoms. The monoisotopic (exact) mass is 552 g/mol. The summed E-state index contributed by atoms with van der Waals surface area (Å²) >= 11 is 14.5. The van der Waals surface area contributed by atoms with Crippen LogP contribution >= 0.6 is 55.2 Å². The van der Waals surface area contributed by atoms with Crippen LogP contribution in [-0.4, -0.2) is 17.7 Å². The molecule has 0 atom stereocenters. The van der Waals surface area contributed by atoms with Gasteiger partial charge < -0.3 is 10.1 Å². The fraction of sp³-hybridized carbons (Fsp3) is 0.143. The number of nitrogens with one attached hydrogen (secondary N) is 1. The van der Waals surface area contributed by atoms with Crippen LogP contribution in [0.4, 0.5) is 5.69 Å². The van der Waals surface area contributed by atoms with Gasteiger partial charge in [0.05, 0.1) is 20.1 Å². The number of carbonyl (C=O) groups is 1. The molecule has 1 N–H and O–H groups in total. The van der Waals surface area contributed by atoms with Crippen molar-refractivity contribution >= 4 is 78.1 Å². The third kappa shape index (κ3) is 5.26. The van der Waals surface area contributed by atoms with Crippen LogP contribution in [0, 0.1) is 26.2 Å². The fourth-order valence-corrected chi connectivity index (χ4v) is 4.71. The zero-order valence-corrected chi connectivity index (χ0v) is 20.2. The number of rotatable bonds is 4. The van der Waals surface area contributed by atoms with E-state index >= 15 is 0 Å². The number of amidine groups is 1. The molecule has 1 aliphatic heterocycles. The molecule has 29 heavy (non-hydrogen) atoms. The van der Waals surface area contributed by atoms with E-state index in [1.165, 1.54) is 11.8 Å². The number of carbonyl (C=O) groups excluding carboxylic acids is 1. The molecule has 1 fully saturated rings. The third-order valence-corrected chi connectivity index (χ3v) is 6.95. The van der Waals surface area contributed by atoms with E-state index in [2.05, 4.69) is 48.1 Å². The van der Waals surface area contributed by atoms with E-state index < -0.39 is 0 Å².